The molecule has 0 unspecified atom stereocenters. The number of amides is 1. The third-order valence-corrected chi connectivity index (χ3v) is 4.48. The molecule has 0 aliphatic carbocycles. The lowest BCUT2D eigenvalue weighted by Gasteiger charge is -2.22. The van der Waals surface area contributed by atoms with Crippen LogP contribution in [0.4, 0.5) is 11.6 Å². The number of pyridine rings is 2. The molecule has 2 aromatic heterocycles. The normalized spacial score (nSPS) is 14.7. The molecule has 132 valence electrons. The summed E-state index contributed by atoms with van der Waals surface area (Å²) >= 11 is 0. The molecule has 3 heterocycles. The molecule has 0 saturated carbocycles. The maximum absolute atomic E-state index is 11.9. The van der Waals surface area contributed by atoms with Gasteiger partial charge in [0.05, 0.1) is 5.56 Å². The van der Waals surface area contributed by atoms with Crippen LogP contribution in [0.5, 0.6) is 0 Å². The zero-order chi connectivity index (χ0) is 17.5. The Bertz CT molecular complexity index is 710. The van der Waals surface area contributed by atoms with Crippen molar-refractivity contribution in [1.82, 2.24) is 15.3 Å². The lowest BCUT2D eigenvalue weighted by atomic mass is 10.2. The summed E-state index contributed by atoms with van der Waals surface area (Å²) in [6, 6.07) is 7.65. The highest BCUT2D eigenvalue weighted by atomic mass is 16.1. The molecular formula is C19H25N5O. The Labute approximate surface area is 148 Å². The Hall–Kier alpha value is -2.63. The first-order valence-electron chi connectivity index (χ1n) is 8.89. The van der Waals surface area contributed by atoms with Gasteiger partial charge in [-0.15, -0.1) is 0 Å². The first-order valence-corrected chi connectivity index (χ1v) is 8.89. The Balaban J connectivity index is 1.70. The summed E-state index contributed by atoms with van der Waals surface area (Å²) in [7, 11) is 1.62. The molecule has 0 aromatic carbocycles. The van der Waals surface area contributed by atoms with Gasteiger partial charge in [0.15, 0.2) is 0 Å². The summed E-state index contributed by atoms with van der Waals surface area (Å²) < 4.78 is 0. The van der Waals surface area contributed by atoms with E-state index < -0.39 is 0 Å². The number of carbonyl (C=O) groups excluding carboxylic acids is 1. The average molecular weight is 339 g/mol. The summed E-state index contributed by atoms with van der Waals surface area (Å²) in [6.45, 7) is 2.75. The minimum Gasteiger partial charge on any atom is -0.365 e. The molecular weight excluding hydrogens is 314 g/mol. The van der Waals surface area contributed by atoms with E-state index in [1.54, 1.807) is 25.4 Å². The Morgan fingerprint density at radius 1 is 1.12 bits per heavy atom. The van der Waals surface area contributed by atoms with E-state index in [-0.39, 0.29) is 5.91 Å². The number of hydrogen-bond donors (Lipinski definition) is 2. The summed E-state index contributed by atoms with van der Waals surface area (Å²) in [5.41, 5.74) is 1.68. The predicted octanol–water partition coefficient (Wildman–Crippen LogP) is 2.83. The van der Waals surface area contributed by atoms with E-state index in [4.69, 9.17) is 0 Å². The van der Waals surface area contributed by atoms with Gasteiger partial charge in [-0.2, -0.15) is 0 Å². The molecule has 6 nitrogen and oxygen atoms in total. The van der Waals surface area contributed by atoms with Crippen LogP contribution < -0.4 is 15.5 Å². The molecule has 0 spiro atoms. The minimum absolute atomic E-state index is 0.143. The van der Waals surface area contributed by atoms with Crippen molar-refractivity contribution in [1.29, 1.82) is 0 Å². The van der Waals surface area contributed by atoms with Crippen LogP contribution in [0, 0.1) is 0 Å². The van der Waals surface area contributed by atoms with Gasteiger partial charge in [-0.3, -0.25) is 4.79 Å². The Kier molecular flexibility index (Phi) is 5.82. The summed E-state index contributed by atoms with van der Waals surface area (Å²) in [5.74, 6) is 1.49. The van der Waals surface area contributed by atoms with Crippen LogP contribution in [0.3, 0.4) is 0 Å². The molecule has 0 atom stereocenters. The first kappa shape index (κ1) is 17.2. The number of carbonyl (C=O) groups is 1. The number of anilines is 2. The topological polar surface area (TPSA) is 70.1 Å². The number of rotatable bonds is 5. The second-order valence-corrected chi connectivity index (χ2v) is 6.26. The van der Waals surface area contributed by atoms with Gasteiger partial charge < -0.3 is 15.5 Å². The molecule has 1 aliphatic rings. The Morgan fingerprint density at radius 3 is 2.68 bits per heavy atom. The lowest BCUT2D eigenvalue weighted by Crippen LogP contribution is -2.25. The molecule has 6 heteroatoms. The molecule has 1 saturated heterocycles. The minimum atomic E-state index is -0.143. The fourth-order valence-electron chi connectivity index (χ4n) is 3.09. The van der Waals surface area contributed by atoms with Crippen molar-refractivity contribution in [2.24, 2.45) is 0 Å². The van der Waals surface area contributed by atoms with Crippen LogP contribution in [0.25, 0.3) is 0 Å². The van der Waals surface area contributed by atoms with Crippen LogP contribution >= 0.6 is 0 Å². The van der Waals surface area contributed by atoms with Crippen molar-refractivity contribution < 1.29 is 4.79 Å². The van der Waals surface area contributed by atoms with E-state index in [1.807, 2.05) is 12.3 Å². The summed E-state index contributed by atoms with van der Waals surface area (Å²) in [5, 5.41) is 5.91. The van der Waals surface area contributed by atoms with Gasteiger partial charge in [0.25, 0.3) is 5.91 Å². The van der Waals surface area contributed by atoms with Gasteiger partial charge in [-0.25, -0.2) is 9.97 Å². The van der Waals surface area contributed by atoms with Crippen molar-refractivity contribution >= 4 is 17.5 Å². The van der Waals surface area contributed by atoms with Crippen LogP contribution in [0.15, 0.2) is 36.7 Å². The highest BCUT2D eigenvalue weighted by molar-refractivity contribution is 5.98. The van der Waals surface area contributed by atoms with Crippen molar-refractivity contribution in [2.75, 3.05) is 30.4 Å². The monoisotopic (exact) mass is 339 g/mol. The number of nitrogens with one attached hydrogen (secondary N) is 2. The molecule has 25 heavy (non-hydrogen) atoms. The molecule has 2 aromatic rings. The quantitative estimate of drug-likeness (QED) is 0.876. The maximum Gasteiger partial charge on any atom is 0.254 e. The van der Waals surface area contributed by atoms with E-state index in [0.717, 1.165) is 24.5 Å². The van der Waals surface area contributed by atoms with Gasteiger partial charge in [0.1, 0.15) is 11.6 Å². The maximum atomic E-state index is 11.9. The average Bonchev–Trinajstić information content (AvgIpc) is 2.96. The van der Waals surface area contributed by atoms with Crippen molar-refractivity contribution in [3.63, 3.8) is 0 Å². The standard InChI is InChI=1S/C19H25N5O/c1-20-19(25)16-7-6-9-22-18(16)23-14-15-8-10-21-17(13-15)24-11-4-2-3-5-12-24/h6-10,13H,2-5,11-12,14H2,1H3,(H,20,25)(H,22,23). The third kappa shape index (κ3) is 4.47. The van der Waals surface area contributed by atoms with Crippen LogP contribution in [-0.4, -0.2) is 36.0 Å². The van der Waals surface area contributed by atoms with E-state index in [0.29, 0.717) is 17.9 Å². The SMILES string of the molecule is CNC(=O)c1cccnc1NCc1ccnc(N2CCCCCC2)c1. The molecule has 2 N–H and O–H groups in total. The van der Waals surface area contributed by atoms with Crippen LogP contribution in [0.1, 0.15) is 41.6 Å². The second-order valence-electron chi connectivity index (χ2n) is 6.26. The smallest absolute Gasteiger partial charge is 0.254 e. The zero-order valence-corrected chi connectivity index (χ0v) is 14.7. The number of hydrogen-bond acceptors (Lipinski definition) is 5. The number of nitrogens with zero attached hydrogens (tertiary/aromatic N) is 3. The fraction of sp³-hybridized carbons (Fsp3) is 0.421. The highest BCUT2D eigenvalue weighted by Crippen LogP contribution is 2.19. The second kappa shape index (κ2) is 8.46. The fourth-order valence-corrected chi connectivity index (χ4v) is 3.09. The highest BCUT2D eigenvalue weighted by Gasteiger charge is 2.13. The van der Waals surface area contributed by atoms with Gasteiger partial charge in [0.2, 0.25) is 0 Å². The van der Waals surface area contributed by atoms with Gasteiger partial charge in [-0.05, 0) is 42.7 Å². The summed E-state index contributed by atoms with van der Waals surface area (Å²) in [6.07, 6.45) is 8.61. The van der Waals surface area contributed by atoms with Crippen LogP contribution in [-0.2, 0) is 6.54 Å². The molecule has 1 fully saturated rings. The molecule has 0 bridgehead atoms. The largest absolute Gasteiger partial charge is 0.365 e. The van der Waals surface area contributed by atoms with Gasteiger partial charge in [0, 0.05) is 39.1 Å². The molecule has 0 radical (unpaired) electrons. The third-order valence-electron chi connectivity index (χ3n) is 4.48. The lowest BCUT2D eigenvalue weighted by molar-refractivity contribution is 0.0963. The molecule has 1 aliphatic heterocycles. The molecule has 1 amide bonds. The van der Waals surface area contributed by atoms with Crippen molar-refractivity contribution in [2.45, 2.75) is 32.2 Å². The number of aromatic nitrogens is 2. The Morgan fingerprint density at radius 2 is 1.92 bits per heavy atom. The van der Waals surface area contributed by atoms with E-state index in [2.05, 4.69) is 31.6 Å². The first-order chi connectivity index (χ1) is 12.3. The summed E-state index contributed by atoms with van der Waals surface area (Å²) in [4.78, 5) is 23.1. The van der Waals surface area contributed by atoms with E-state index in [9.17, 15) is 4.79 Å². The zero-order valence-electron chi connectivity index (χ0n) is 14.7. The predicted molar refractivity (Wildman–Crippen MR) is 99.9 cm³/mol. The van der Waals surface area contributed by atoms with E-state index >= 15 is 0 Å². The molecule has 3 rings (SSSR count). The van der Waals surface area contributed by atoms with E-state index in [1.165, 1.54) is 25.7 Å². The van der Waals surface area contributed by atoms with Crippen LogP contribution in [0.2, 0.25) is 0 Å². The van der Waals surface area contributed by atoms with Gasteiger partial charge >= 0.3 is 0 Å². The van der Waals surface area contributed by atoms with Gasteiger partial charge in [-0.1, -0.05) is 12.8 Å². The van der Waals surface area contributed by atoms with Crippen molar-refractivity contribution in [3.05, 3.63) is 47.8 Å². The van der Waals surface area contributed by atoms with Crippen molar-refractivity contribution in [3.8, 4) is 0 Å².